The molecular weight excluding hydrogens is 364 g/mol. The fourth-order valence-corrected chi connectivity index (χ4v) is 3.62. The van der Waals surface area contributed by atoms with Gasteiger partial charge in [0.15, 0.2) is 0 Å². The maximum atomic E-state index is 11.5. The molecule has 0 aromatic heterocycles. The van der Waals surface area contributed by atoms with Crippen molar-refractivity contribution in [1.82, 2.24) is 0 Å². The fourth-order valence-electron chi connectivity index (χ4n) is 3.14. The van der Waals surface area contributed by atoms with Crippen molar-refractivity contribution >= 4 is 16.1 Å². The minimum Gasteiger partial charge on any atom is -0.466 e. The van der Waals surface area contributed by atoms with Gasteiger partial charge in [0.1, 0.15) is 0 Å². The number of unbranched alkanes of at least 4 members (excludes halogenated alkanes) is 14. The lowest BCUT2D eigenvalue weighted by molar-refractivity contribution is -0.143. The zero-order chi connectivity index (χ0) is 20.2. The lowest BCUT2D eigenvalue weighted by atomic mass is 10.0. The Morgan fingerprint density at radius 1 is 0.704 bits per heavy atom. The van der Waals surface area contributed by atoms with E-state index in [1.165, 1.54) is 77.0 Å². The summed E-state index contributed by atoms with van der Waals surface area (Å²) in [5.41, 5.74) is 0. The van der Waals surface area contributed by atoms with Crippen molar-refractivity contribution in [3.63, 3.8) is 0 Å². The van der Waals surface area contributed by atoms with Crippen molar-refractivity contribution in [2.24, 2.45) is 0 Å². The van der Waals surface area contributed by atoms with Gasteiger partial charge in [-0.1, -0.05) is 96.8 Å². The Morgan fingerprint density at radius 2 is 1.11 bits per heavy atom. The van der Waals surface area contributed by atoms with Gasteiger partial charge in [0.2, 0.25) is 0 Å². The van der Waals surface area contributed by atoms with Crippen molar-refractivity contribution in [3.8, 4) is 0 Å². The third kappa shape index (κ3) is 23.3. The third-order valence-corrected chi connectivity index (χ3v) is 5.60. The SMILES string of the molecule is CCCCCCCCCCCCCCCCCC(=O)OCCCS(=O)(=O)O. The van der Waals surface area contributed by atoms with Crippen LogP contribution >= 0.6 is 0 Å². The number of ether oxygens (including phenoxy) is 1. The van der Waals surface area contributed by atoms with Crippen LogP contribution in [0.2, 0.25) is 0 Å². The summed E-state index contributed by atoms with van der Waals surface area (Å²) in [7, 11) is -3.96. The first-order valence-corrected chi connectivity index (χ1v) is 12.7. The van der Waals surface area contributed by atoms with Crippen molar-refractivity contribution in [2.75, 3.05) is 12.4 Å². The van der Waals surface area contributed by atoms with Gasteiger partial charge in [-0.25, -0.2) is 0 Å². The molecule has 27 heavy (non-hydrogen) atoms. The van der Waals surface area contributed by atoms with Crippen LogP contribution in [0.25, 0.3) is 0 Å². The van der Waals surface area contributed by atoms with Crippen LogP contribution in [0.4, 0.5) is 0 Å². The average molecular weight is 407 g/mol. The Hall–Kier alpha value is -0.620. The predicted octanol–water partition coefficient (Wildman–Crippen LogP) is 6.07. The van der Waals surface area contributed by atoms with E-state index in [1.807, 2.05) is 0 Å². The van der Waals surface area contributed by atoms with E-state index in [-0.39, 0.29) is 24.7 Å². The van der Waals surface area contributed by atoms with E-state index in [2.05, 4.69) is 6.92 Å². The van der Waals surface area contributed by atoms with Gasteiger partial charge in [-0.15, -0.1) is 0 Å². The molecule has 0 spiro atoms. The number of hydrogen-bond donors (Lipinski definition) is 1. The second-order valence-corrected chi connectivity index (χ2v) is 9.13. The fraction of sp³-hybridized carbons (Fsp3) is 0.952. The predicted molar refractivity (Wildman–Crippen MR) is 112 cm³/mol. The van der Waals surface area contributed by atoms with Crippen LogP contribution in [-0.2, 0) is 19.6 Å². The van der Waals surface area contributed by atoms with Crippen molar-refractivity contribution in [2.45, 2.75) is 116 Å². The number of rotatable bonds is 20. The number of carbonyl (C=O) groups is 1. The molecule has 5 nitrogen and oxygen atoms in total. The summed E-state index contributed by atoms with van der Waals surface area (Å²) in [4.78, 5) is 11.5. The minimum atomic E-state index is -3.96. The lowest BCUT2D eigenvalue weighted by Gasteiger charge is -2.05. The summed E-state index contributed by atoms with van der Waals surface area (Å²) < 4.78 is 34.5. The maximum Gasteiger partial charge on any atom is 0.305 e. The molecule has 0 saturated heterocycles. The molecule has 0 radical (unpaired) electrons. The average Bonchev–Trinajstić information content (AvgIpc) is 2.61. The van der Waals surface area contributed by atoms with Crippen LogP contribution in [0.15, 0.2) is 0 Å². The molecule has 0 bridgehead atoms. The van der Waals surface area contributed by atoms with E-state index in [0.29, 0.717) is 6.42 Å². The topological polar surface area (TPSA) is 80.7 Å². The van der Waals surface area contributed by atoms with Gasteiger partial charge < -0.3 is 4.74 Å². The number of esters is 1. The van der Waals surface area contributed by atoms with Gasteiger partial charge in [0.25, 0.3) is 10.1 Å². The smallest absolute Gasteiger partial charge is 0.305 e. The first kappa shape index (κ1) is 26.4. The zero-order valence-electron chi connectivity index (χ0n) is 17.4. The first-order chi connectivity index (χ1) is 13.0. The minimum absolute atomic E-state index is 0.0529. The lowest BCUT2D eigenvalue weighted by Crippen LogP contribution is -2.10. The molecule has 0 fully saturated rings. The second-order valence-electron chi connectivity index (χ2n) is 7.56. The molecular formula is C21H42O5S. The molecule has 0 amide bonds. The van der Waals surface area contributed by atoms with E-state index in [1.54, 1.807) is 0 Å². The highest BCUT2D eigenvalue weighted by Crippen LogP contribution is 2.13. The van der Waals surface area contributed by atoms with Crippen LogP contribution in [0.1, 0.15) is 116 Å². The summed E-state index contributed by atoms with van der Waals surface area (Å²) >= 11 is 0. The van der Waals surface area contributed by atoms with E-state index in [9.17, 15) is 13.2 Å². The van der Waals surface area contributed by atoms with E-state index in [0.717, 1.165) is 19.3 Å². The molecule has 1 N–H and O–H groups in total. The molecule has 0 aliphatic rings. The van der Waals surface area contributed by atoms with Crippen molar-refractivity contribution in [3.05, 3.63) is 0 Å². The number of hydrogen-bond acceptors (Lipinski definition) is 4. The quantitative estimate of drug-likeness (QED) is 0.151. The van der Waals surface area contributed by atoms with Crippen LogP contribution < -0.4 is 0 Å². The Labute approximate surface area is 167 Å². The van der Waals surface area contributed by atoms with Crippen LogP contribution in [0.3, 0.4) is 0 Å². The molecule has 0 aromatic carbocycles. The molecule has 0 atom stereocenters. The molecule has 0 saturated carbocycles. The normalized spacial score (nSPS) is 11.6. The monoisotopic (exact) mass is 406 g/mol. The van der Waals surface area contributed by atoms with Gasteiger partial charge in [-0.3, -0.25) is 9.35 Å². The molecule has 0 rings (SSSR count). The van der Waals surface area contributed by atoms with Crippen molar-refractivity contribution in [1.29, 1.82) is 0 Å². The van der Waals surface area contributed by atoms with Crippen LogP contribution in [0.5, 0.6) is 0 Å². The van der Waals surface area contributed by atoms with E-state index < -0.39 is 10.1 Å². The van der Waals surface area contributed by atoms with Gasteiger partial charge >= 0.3 is 5.97 Å². The summed E-state index contributed by atoms with van der Waals surface area (Å²) in [6, 6.07) is 0. The summed E-state index contributed by atoms with van der Waals surface area (Å²) in [6.45, 7) is 2.31. The standard InChI is InChI=1S/C21H42O5S/c1-2-3-4-5-6-7-8-9-10-11-12-13-14-15-16-18-21(22)26-19-17-20-27(23,24)25/h2-20H2,1H3,(H,23,24,25). The molecule has 0 aliphatic carbocycles. The van der Waals surface area contributed by atoms with Gasteiger partial charge in [0, 0.05) is 6.42 Å². The van der Waals surface area contributed by atoms with Gasteiger partial charge in [0.05, 0.1) is 12.4 Å². The Balaban J connectivity index is 3.19. The Kier molecular flexibility index (Phi) is 18.3. The maximum absolute atomic E-state index is 11.5. The molecule has 6 heteroatoms. The summed E-state index contributed by atoms with van der Waals surface area (Å²) in [5, 5.41) is 0. The highest BCUT2D eigenvalue weighted by Gasteiger charge is 2.06. The van der Waals surface area contributed by atoms with Gasteiger partial charge in [-0.05, 0) is 12.8 Å². The molecule has 0 heterocycles. The zero-order valence-corrected chi connectivity index (χ0v) is 18.2. The summed E-state index contributed by atoms with van der Waals surface area (Å²) in [5.74, 6) is -0.640. The van der Waals surface area contributed by atoms with Crippen LogP contribution in [-0.4, -0.2) is 31.3 Å². The van der Waals surface area contributed by atoms with E-state index in [4.69, 9.17) is 9.29 Å². The van der Waals surface area contributed by atoms with Crippen LogP contribution in [0, 0.1) is 0 Å². The molecule has 162 valence electrons. The Morgan fingerprint density at radius 3 is 1.52 bits per heavy atom. The molecule has 0 unspecified atom stereocenters. The summed E-state index contributed by atoms with van der Waals surface area (Å²) in [6.07, 6.45) is 19.9. The molecule has 0 aromatic rings. The largest absolute Gasteiger partial charge is 0.466 e. The first-order valence-electron chi connectivity index (χ1n) is 11.1. The number of carbonyl (C=O) groups excluding carboxylic acids is 1. The van der Waals surface area contributed by atoms with Gasteiger partial charge in [-0.2, -0.15) is 8.42 Å². The van der Waals surface area contributed by atoms with Crippen molar-refractivity contribution < 1.29 is 22.5 Å². The highest BCUT2D eigenvalue weighted by atomic mass is 32.2. The molecule has 0 aliphatic heterocycles. The second kappa shape index (κ2) is 18.7. The third-order valence-electron chi connectivity index (χ3n) is 4.79. The highest BCUT2D eigenvalue weighted by molar-refractivity contribution is 7.85. The van der Waals surface area contributed by atoms with E-state index >= 15 is 0 Å². The Bertz CT molecular complexity index is 434.